The second kappa shape index (κ2) is 3.21. The van der Waals surface area contributed by atoms with Crippen molar-refractivity contribution in [1.82, 2.24) is 0 Å². The van der Waals surface area contributed by atoms with E-state index < -0.39 is 0 Å². The Hall–Kier alpha value is -0.880. The van der Waals surface area contributed by atoms with Crippen LogP contribution < -0.4 is 0 Å². The van der Waals surface area contributed by atoms with Gasteiger partial charge in [-0.15, -0.1) is 0 Å². The van der Waals surface area contributed by atoms with Crippen LogP contribution in [0.1, 0.15) is 19.3 Å². The summed E-state index contributed by atoms with van der Waals surface area (Å²) >= 11 is 0. The van der Waals surface area contributed by atoms with Gasteiger partial charge in [0, 0.05) is 0 Å². The summed E-state index contributed by atoms with van der Waals surface area (Å²) in [6.45, 7) is 0. The topological polar surface area (TPSA) is 29.4 Å². The molecule has 0 saturated heterocycles. The van der Waals surface area contributed by atoms with Gasteiger partial charge in [-0.05, 0) is 19.3 Å². The molecular formula is C7H9NO. The standard InChI is InChI=1S/C7H9NO/c9-6-8-7-4-2-1-3-5-7/h1-2,7H,3-5H2/t7-/m0/s1. The highest BCUT2D eigenvalue weighted by molar-refractivity contribution is 5.33. The van der Waals surface area contributed by atoms with E-state index in [1.54, 1.807) is 6.08 Å². The molecule has 0 fully saturated rings. The number of isocyanates is 1. The zero-order valence-corrected chi connectivity index (χ0v) is 5.21. The second-order valence-electron chi connectivity index (χ2n) is 2.16. The van der Waals surface area contributed by atoms with E-state index in [0.29, 0.717) is 0 Å². The summed E-state index contributed by atoms with van der Waals surface area (Å²) in [5, 5.41) is 0. The predicted molar refractivity (Wildman–Crippen MR) is 34.9 cm³/mol. The molecule has 1 aliphatic carbocycles. The Kier molecular flexibility index (Phi) is 2.22. The molecule has 0 N–H and O–H groups in total. The molecule has 2 nitrogen and oxygen atoms in total. The molecule has 0 aromatic rings. The van der Waals surface area contributed by atoms with Crippen molar-refractivity contribution in [3.05, 3.63) is 12.2 Å². The lowest BCUT2D eigenvalue weighted by Crippen LogP contribution is -2.04. The molecule has 0 aliphatic heterocycles. The minimum Gasteiger partial charge on any atom is -0.211 e. The van der Waals surface area contributed by atoms with Crippen LogP contribution in [0, 0.1) is 0 Å². The van der Waals surface area contributed by atoms with Crippen LogP contribution in [0.15, 0.2) is 17.1 Å². The van der Waals surface area contributed by atoms with Crippen LogP contribution in [-0.2, 0) is 4.79 Å². The van der Waals surface area contributed by atoms with E-state index in [2.05, 4.69) is 17.1 Å². The van der Waals surface area contributed by atoms with Crippen LogP contribution in [0.3, 0.4) is 0 Å². The van der Waals surface area contributed by atoms with E-state index in [4.69, 9.17) is 0 Å². The molecular weight excluding hydrogens is 114 g/mol. The van der Waals surface area contributed by atoms with Gasteiger partial charge >= 0.3 is 0 Å². The maximum absolute atomic E-state index is 9.76. The van der Waals surface area contributed by atoms with Gasteiger partial charge < -0.3 is 0 Å². The largest absolute Gasteiger partial charge is 0.235 e. The molecule has 9 heavy (non-hydrogen) atoms. The normalized spacial score (nSPS) is 25.1. The van der Waals surface area contributed by atoms with E-state index in [1.807, 2.05) is 0 Å². The number of allylic oxidation sites excluding steroid dienone is 1. The highest BCUT2D eigenvalue weighted by Crippen LogP contribution is 2.12. The van der Waals surface area contributed by atoms with Crippen molar-refractivity contribution >= 4 is 6.08 Å². The molecule has 1 rings (SSSR count). The zero-order valence-electron chi connectivity index (χ0n) is 5.21. The van der Waals surface area contributed by atoms with Gasteiger partial charge in [0.25, 0.3) is 0 Å². The van der Waals surface area contributed by atoms with Gasteiger partial charge in [-0.3, -0.25) is 0 Å². The molecule has 0 saturated carbocycles. The van der Waals surface area contributed by atoms with Gasteiger partial charge in [-0.1, -0.05) is 12.2 Å². The average Bonchev–Trinajstić information content (AvgIpc) is 1.91. The van der Waals surface area contributed by atoms with Crippen LogP contribution in [-0.4, -0.2) is 12.1 Å². The summed E-state index contributed by atoms with van der Waals surface area (Å²) in [7, 11) is 0. The first-order chi connectivity index (χ1) is 4.43. The van der Waals surface area contributed by atoms with Crippen molar-refractivity contribution in [3.8, 4) is 0 Å². The molecule has 48 valence electrons. The lowest BCUT2D eigenvalue weighted by Gasteiger charge is -2.09. The maximum Gasteiger partial charge on any atom is 0.235 e. The number of rotatable bonds is 1. The molecule has 0 aromatic heterocycles. The minimum absolute atomic E-state index is 0.215. The zero-order chi connectivity index (χ0) is 6.53. The fourth-order valence-electron chi connectivity index (χ4n) is 0.969. The molecule has 2 heteroatoms. The summed E-state index contributed by atoms with van der Waals surface area (Å²) in [5.41, 5.74) is 0. The Morgan fingerprint density at radius 3 is 3.00 bits per heavy atom. The average molecular weight is 123 g/mol. The molecule has 0 amide bonds. The highest BCUT2D eigenvalue weighted by atomic mass is 16.1. The van der Waals surface area contributed by atoms with Crippen molar-refractivity contribution in [3.63, 3.8) is 0 Å². The number of aliphatic imine (C=N–C) groups is 1. The molecule has 0 bridgehead atoms. The SMILES string of the molecule is O=C=N[C@H]1CC=CCC1. The van der Waals surface area contributed by atoms with Crippen molar-refractivity contribution in [2.45, 2.75) is 25.3 Å². The van der Waals surface area contributed by atoms with Gasteiger partial charge in [-0.2, -0.15) is 0 Å². The van der Waals surface area contributed by atoms with Crippen molar-refractivity contribution in [2.75, 3.05) is 0 Å². The molecule has 0 unspecified atom stereocenters. The molecule has 0 aromatic carbocycles. The van der Waals surface area contributed by atoms with Crippen molar-refractivity contribution in [1.29, 1.82) is 0 Å². The third-order valence-electron chi connectivity index (χ3n) is 1.48. The number of carbonyl (C=O) groups excluding carboxylic acids is 1. The molecule has 0 heterocycles. The maximum atomic E-state index is 9.76. The third kappa shape index (κ3) is 1.82. The Morgan fingerprint density at radius 2 is 2.44 bits per heavy atom. The summed E-state index contributed by atoms with van der Waals surface area (Å²) in [6, 6.07) is 0.215. The van der Waals surface area contributed by atoms with E-state index in [9.17, 15) is 4.79 Å². The van der Waals surface area contributed by atoms with Gasteiger partial charge in [-0.25, -0.2) is 9.79 Å². The quantitative estimate of drug-likeness (QED) is 0.294. The molecule has 0 radical (unpaired) electrons. The smallest absolute Gasteiger partial charge is 0.211 e. The first kappa shape index (κ1) is 6.24. The van der Waals surface area contributed by atoms with Crippen LogP contribution in [0.4, 0.5) is 0 Å². The van der Waals surface area contributed by atoms with Crippen LogP contribution in [0.25, 0.3) is 0 Å². The summed E-state index contributed by atoms with van der Waals surface area (Å²) in [6.07, 6.45) is 8.73. The first-order valence-electron chi connectivity index (χ1n) is 3.15. The van der Waals surface area contributed by atoms with Gasteiger partial charge in [0.15, 0.2) is 0 Å². The van der Waals surface area contributed by atoms with E-state index >= 15 is 0 Å². The predicted octanol–water partition coefficient (Wildman–Crippen LogP) is 1.43. The monoisotopic (exact) mass is 123 g/mol. The summed E-state index contributed by atoms with van der Waals surface area (Å²) in [4.78, 5) is 13.4. The van der Waals surface area contributed by atoms with Gasteiger partial charge in [0.1, 0.15) is 0 Å². The van der Waals surface area contributed by atoms with E-state index in [-0.39, 0.29) is 6.04 Å². The summed E-state index contributed by atoms with van der Waals surface area (Å²) in [5.74, 6) is 0. The number of nitrogens with zero attached hydrogens (tertiary/aromatic N) is 1. The van der Waals surface area contributed by atoms with Crippen LogP contribution in [0.2, 0.25) is 0 Å². The van der Waals surface area contributed by atoms with Crippen molar-refractivity contribution < 1.29 is 4.79 Å². The Morgan fingerprint density at radius 1 is 1.56 bits per heavy atom. The lowest BCUT2D eigenvalue weighted by atomic mass is 10.0. The van der Waals surface area contributed by atoms with Crippen LogP contribution in [0.5, 0.6) is 0 Å². The Bertz CT molecular complexity index is 156. The summed E-state index contributed by atoms with van der Waals surface area (Å²) < 4.78 is 0. The number of hydrogen-bond donors (Lipinski definition) is 0. The Labute approximate surface area is 54.3 Å². The second-order valence-corrected chi connectivity index (χ2v) is 2.16. The van der Waals surface area contributed by atoms with Crippen molar-refractivity contribution in [2.24, 2.45) is 4.99 Å². The highest BCUT2D eigenvalue weighted by Gasteiger charge is 2.05. The van der Waals surface area contributed by atoms with Gasteiger partial charge in [0.2, 0.25) is 6.08 Å². The Balaban J connectivity index is 2.43. The van der Waals surface area contributed by atoms with E-state index in [0.717, 1.165) is 19.3 Å². The number of hydrogen-bond acceptors (Lipinski definition) is 2. The molecule has 0 spiro atoms. The third-order valence-corrected chi connectivity index (χ3v) is 1.48. The molecule has 1 aliphatic rings. The fourth-order valence-corrected chi connectivity index (χ4v) is 0.969. The first-order valence-corrected chi connectivity index (χ1v) is 3.15. The molecule has 1 atom stereocenters. The lowest BCUT2D eigenvalue weighted by molar-refractivity contribution is 0.547. The van der Waals surface area contributed by atoms with E-state index in [1.165, 1.54) is 0 Å². The fraction of sp³-hybridized carbons (Fsp3) is 0.571. The van der Waals surface area contributed by atoms with Gasteiger partial charge in [0.05, 0.1) is 6.04 Å². The van der Waals surface area contributed by atoms with Crippen LogP contribution >= 0.6 is 0 Å². The minimum atomic E-state index is 0.215.